The standard InChI is InChI=1S/C34H34N2O2/c1-23(25-10-4-3-5-11-25)36-20-18-26(19-21-36)34-29-13-7-9-15-32(29)38-33-22-27(16-17-30(33)34)28-12-6-8-14-31(28)35-24(2)37/h3-17,22-23,26,34H,18-21H2,1-2H3,(H,35,37). The van der Waals surface area contributed by atoms with Gasteiger partial charge in [0.05, 0.1) is 0 Å². The zero-order valence-electron chi connectivity index (χ0n) is 22.1. The van der Waals surface area contributed by atoms with Crippen LogP contribution in [0.15, 0.2) is 97.1 Å². The fourth-order valence-electron chi connectivity index (χ4n) is 6.29. The molecule has 0 radical (unpaired) electrons. The maximum absolute atomic E-state index is 11.8. The van der Waals surface area contributed by atoms with Crippen molar-refractivity contribution in [1.82, 2.24) is 4.90 Å². The lowest BCUT2D eigenvalue weighted by Gasteiger charge is -2.41. The number of para-hydroxylation sites is 2. The van der Waals surface area contributed by atoms with Crippen LogP contribution in [0.3, 0.4) is 0 Å². The Labute approximate surface area is 225 Å². The van der Waals surface area contributed by atoms with Crippen molar-refractivity contribution < 1.29 is 9.53 Å². The molecule has 2 heterocycles. The van der Waals surface area contributed by atoms with Gasteiger partial charge in [0, 0.05) is 41.3 Å². The molecule has 2 aliphatic rings. The largest absolute Gasteiger partial charge is 0.457 e. The van der Waals surface area contributed by atoms with Gasteiger partial charge in [-0.05, 0) is 68.1 Å². The summed E-state index contributed by atoms with van der Waals surface area (Å²) < 4.78 is 6.50. The van der Waals surface area contributed by atoms with Crippen molar-refractivity contribution in [2.75, 3.05) is 18.4 Å². The highest BCUT2D eigenvalue weighted by Gasteiger charge is 2.36. The van der Waals surface area contributed by atoms with Crippen LogP contribution in [0.1, 0.15) is 55.3 Å². The van der Waals surface area contributed by atoms with Gasteiger partial charge in [-0.25, -0.2) is 0 Å². The molecule has 38 heavy (non-hydrogen) atoms. The Morgan fingerprint density at radius 2 is 1.53 bits per heavy atom. The second-order valence-electron chi connectivity index (χ2n) is 10.6. The fourth-order valence-corrected chi connectivity index (χ4v) is 6.29. The first-order chi connectivity index (χ1) is 18.6. The van der Waals surface area contributed by atoms with Gasteiger partial charge in [-0.3, -0.25) is 9.69 Å². The molecule has 4 aromatic carbocycles. The molecule has 1 saturated heterocycles. The van der Waals surface area contributed by atoms with Gasteiger partial charge in [-0.2, -0.15) is 0 Å². The van der Waals surface area contributed by atoms with E-state index in [1.165, 1.54) is 16.7 Å². The Bertz CT molecular complexity index is 1440. The topological polar surface area (TPSA) is 41.6 Å². The Morgan fingerprint density at radius 1 is 0.842 bits per heavy atom. The number of ether oxygens (including phenoxy) is 1. The number of rotatable bonds is 5. The third-order valence-electron chi connectivity index (χ3n) is 8.25. The quantitative estimate of drug-likeness (QED) is 0.300. The Kier molecular flexibility index (Phi) is 6.73. The summed E-state index contributed by atoms with van der Waals surface area (Å²) in [5.74, 6) is 2.66. The first-order valence-electron chi connectivity index (χ1n) is 13.6. The maximum atomic E-state index is 11.8. The van der Waals surface area contributed by atoms with Crippen LogP contribution in [0.2, 0.25) is 0 Å². The van der Waals surface area contributed by atoms with Crippen molar-refractivity contribution in [1.29, 1.82) is 0 Å². The highest BCUT2D eigenvalue weighted by molar-refractivity contribution is 5.94. The number of hydrogen-bond acceptors (Lipinski definition) is 3. The van der Waals surface area contributed by atoms with Crippen LogP contribution in [0, 0.1) is 5.92 Å². The number of carbonyl (C=O) groups excluding carboxylic acids is 1. The van der Waals surface area contributed by atoms with E-state index in [-0.39, 0.29) is 5.91 Å². The smallest absolute Gasteiger partial charge is 0.221 e. The maximum Gasteiger partial charge on any atom is 0.221 e. The monoisotopic (exact) mass is 502 g/mol. The highest BCUT2D eigenvalue weighted by Crippen LogP contribution is 2.51. The Balaban J connectivity index is 1.30. The SMILES string of the molecule is CC(=O)Nc1ccccc1-c1ccc2c(c1)Oc1ccccc1C2C1CCN(C(C)c2ccccc2)CC1. The van der Waals surface area contributed by atoms with Crippen LogP contribution in [0.5, 0.6) is 11.5 Å². The predicted molar refractivity (Wildman–Crippen MR) is 154 cm³/mol. The normalized spacial score (nSPS) is 18.1. The van der Waals surface area contributed by atoms with Crippen molar-refractivity contribution >= 4 is 11.6 Å². The van der Waals surface area contributed by atoms with Gasteiger partial charge >= 0.3 is 0 Å². The molecule has 192 valence electrons. The number of carbonyl (C=O) groups is 1. The zero-order valence-corrected chi connectivity index (χ0v) is 22.1. The van der Waals surface area contributed by atoms with E-state index in [2.05, 4.69) is 89.9 Å². The van der Waals surface area contributed by atoms with Gasteiger partial charge in [-0.1, -0.05) is 78.9 Å². The average Bonchev–Trinajstić information content (AvgIpc) is 2.96. The van der Waals surface area contributed by atoms with Crippen LogP contribution in [-0.4, -0.2) is 23.9 Å². The molecule has 0 aromatic heterocycles. The Hall–Kier alpha value is -3.89. The summed E-state index contributed by atoms with van der Waals surface area (Å²) >= 11 is 0. The summed E-state index contributed by atoms with van der Waals surface area (Å²) in [6.45, 7) is 6.06. The lowest BCUT2D eigenvalue weighted by atomic mass is 9.74. The van der Waals surface area contributed by atoms with Crippen molar-refractivity contribution in [3.05, 3.63) is 114 Å². The third-order valence-corrected chi connectivity index (χ3v) is 8.25. The van der Waals surface area contributed by atoms with Crippen molar-refractivity contribution in [3.8, 4) is 22.6 Å². The number of piperidine rings is 1. The Morgan fingerprint density at radius 3 is 2.32 bits per heavy atom. The molecule has 2 unspecified atom stereocenters. The molecular formula is C34H34N2O2. The van der Waals surface area contributed by atoms with Gasteiger partial charge < -0.3 is 10.1 Å². The van der Waals surface area contributed by atoms with E-state index in [1.807, 2.05) is 24.3 Å². The molecule has 0 aliphatic carbocycles. The molecule has 4 nitrogen and oxygen atoms in total. The predicted octanol–water partition coefficient (Wildman–Crippen LogP) is 8.02. The lowest BCUT2D eigenvalue weighted by Crippen LogP contribution is -2.37. The van der Waals surface area contributed by atoms with Crippen LogP contribution >= 0.6 is 0 Å². The molecule has 4 heteroatoms. The van der Waals surface area contributed by atoms with Crippen molar-refractivity contribution in [2.45, 2.75) is 38.6 Å². The minimum absolute atomic E-state index is 0.0754. The van der Waals surface area contributed by atoms with E-state index in [1.54, 1.807) is 6.92 Å². The minimum Gasteiger partial charge on any atom is -0.457 e. The van der Waals surface area contributed by atoms with Gasteiger partial charge in [0.15, 0.2) is 0 Å². The first-order valence-corrected chi connectivity index (χ1v) is 13.6. The fraction of sp³-hybridized carbons (Fsp3) is 0.265. The summed E-state index contributed by atoms with van der Waals surface area (Å²) in [6.07, 6.45) is 2.31. The number of fused-ring (bicyclic) bond motifs is 2. The molecule has 1 fully saturated rings. The van der Waals surface area contributed by atoms with Gasteiger partial charge in [0.1, 0.15) is 11.5 Å². The number of anilines is 1. The summed E-state index contributed by atoms with van der Waals surface area (Å²) in [7, 11) is 0. The molecule has 1 N–H and O–H groups in total. The molecule has 0 spiro atoms. The molecule has 4 aromatic rings. The van der Waals surface area contributed by atoms with Crippen LogP contribution in [-0.2, 0) is 4.79 Å². The number of benzene rings is 4. The summed E-state index contributed by atoms with van der Waals surface area (Å²) in [4.78, 5) is 14.4. The van der Waals surface area contributed by atoms with Crippen LogP contribution < -0.4 is 10.1 Å². The minimum atomic E-state index is -0.0754. The summed E-state index contributed by atoms with van der Waals surface area (Å²) in [6, 6.07) is 34.3. The zero-order chi connectivity index (χ0) is 26.1. The van der Waals surface area contributed by atoms with Gasteiger partial charge in [-0.15, -0.1) is 0 Å². The molecule has 6 rings (SSSR count). The van der Waals surface area contributed by atoms with Crippen molar-refractivity contribution in [3.63, 3.8) is 0 Å². The molecule has 0 saturated carbocycles. The third kappa shape index (κ3) is 4.72. The van der Waals surface area contributed by atoms with E-state index in [0.717, 1.165) is 54.2 Å². The lowest BCUT2D eigenvalue weighted by molar-refractivity contribution is -0.114. The number of amides is 1. The summed E-state index contributed by atoms with van der Waals surface area (Å²) in [5.41, 5.74) is 6.79. The van der Waals surface area contributed by atoms with Gasteiger partial charge in [0.2, 0.25) is 5.91 Å². The summed E-state index contributed by atoms with van der Waals surface area (Å²) in [5, 5.41) is 2.97. The number of hydrogen-bond donors (Lipinski definition) is 1. The van der Waals surface area contributed by atoms with E-state index >= 15 is 0 Å². The van der Waals surface area contributed by atoms with Crippen LogP contribution in [0.4, 0.5) is 5.69 Å². The second-order valence-corrected chi connectivity index (χ2v) is 10.6. The number of nitrogens with one attached hydrogen (secondary N) is 1. The van der Waals surface area contributed by atoms with E-state index in [9.17, 15) is 4.79 Å². The number of nitrogens with zero attached hydrogens (tertiary/aromatic N) is 1. The molecule has 2 atom stereocenters. The molecule has 0 bridgehead atoms. The molecular weight excluding hydrogens is 468 g/mol. The van der Waals surface area contributed by atoms with E-state index in [4.69, 9.17) is 4.74 Å². The van der Waals surface area contributed by atoms with Crippen molar-refractivity contribution in [2.24, 2.45) is 5.92 Å². The molecule has 1 amide bonds. The van der Waals surface area contributed by atoms with Crippen LogP contribution in [0.25, 0.3) is 11.1 Å². The first kappa shape index (κ1) is 24.4. The average molecular weight is 503 g/mol. The van der Waals surface area contributed by atoms with Gasteiger partial charge in [0.25, 0.3) is 0 Å². The molecule has 2 aliphatic heterocycles. The van der Waals surface area contributed by atoms with E-state index < -0.39 is 0 Å². The number of likely N-dealkylation sites (tertiary alicyclic amines) is 1. The van der Waals surface area contributed by atoms with E-state index in [0.29, 0.717) is 17.9 Å². The second kappa shape index (κ2) is 10.5. The highest BCUT2D eigenvalue weighted by atomic mass is 16.5.